The molecule has 5 nitrogen and oxygen atoms in total. The Hall–Kier alpha value is -0.810. The van der Waals surface area contributed by atoms with E-state index in [2.05, 4.69) is 5.32 Å². The predicted molar refractivity (Wildman–Crippen MR) is 73.1 cm³/mol. The lowest BCUT2D eigenvalue weighted by atomic mass is 9.93. The van der Waals surface area contributed by atoms with Gasteiger partial charge in [-0.05, 0) is 40.7 Å². The predicted octanol–water partition coefficient (Wildman–Crippen LogP) is 1.62. The molecule has 3 unspecified atom stereocenters. The molecule has 0 saturated carbocycles. The lowest BCUT2D eigenvalue weighted by Crippen LogP contribution is -2.49. The Morgan fingerprint density at radius 3 is 2.74 bits per heavy atom. The van der Waals surface area contributed by atoms with Gasteiger partial charge < -0.3 is 19.7 Å². The van der Waals surface area contributed by atoms with Gasteiger partial charge in [-0.25, -0.2) is 4.79 Å². The van der Waals surface area contributed by atoms with Gasteiger partial charge in [-0.2, -0.15) is 0 Å². The highest BCUT2D eigenvalue weighted by molar-refractivity contribution is 5.68. The number of ether oxygens (including phenoxy) is 2. The summed E-state index contributed by atoms with van der Waals surface area (Å²) in [7, 11) is 1.99. The highest BCUT2D eigenvalue weighted by atomic mass is 16.6. The van der Waals surface area contributed by atoms with E-state index in [0.29, 0.717) is 18.6 Å². The lowest BCUT2D eigenvalue weighted by Gasteiger charge is -2.33. The molecule has 0 aromatic rings. The van der Waals surface area contributed by atoms with Crippen molar-refractivity contribution in [1.82, 2.24) is 10.2 Å². The molecule has 3 atom stereocenters. The van der Waals surface area contributed by atoms with Crippen LogP contribution in [0.3, 0.4) is 0 Å². The van der Waals surface area contributed by atoms with Gasteiger partial charge in [0.15, 0.2) is 0 Å². The fourth-order valence-corrected chi connectivity index (χ4v) is 3.03. The van der Waals surface area contributed by atoms with E-state index in [-0.39, 0.29) is 12.1 Å². The number of likely N-dealkylation sites (tertiary alicyclic amines) is 1. The van der Waals surface area contributed by atoms with E-state index in [4.69, 9.17) is 9.47 Å². The summed E-state index contributed by atoms with van der Waals surface area (Å²) in [6.45, 7) is 7.83. The first kappa shape index (κ1) is 14.6. The third kappa shape index (κ3) is 3.39. The molecule has 1 amide bonds. The molecule has 2 fully saturated rings. The van der Waals surface area contributed by atoms with Crippen LogP contribution in [0.2, 0.25) is 0 Å². The van der Waals surface area contributed by atoms with Crippen LogP contribution >= 0.6 is 0 Å². The third-order valence-electron chi connectivity index (χ3n) is 3.92. The molecule has 2 saturated heterocycles. The highest BCUT2D eigenvalue weighted by Gasteiger charge is 2.42. The van der Waals surface area contributed by atoms with E-state index < -0.39 is 5.60 Å². The quantitative estimate of drug-likeness (QED) is 0.786. The minimum absolute atomic E-state index is 0.148. The average molecular weight is 270 g/mol. The van der Waals surface area contributed by atoms with Gasteiger partial charge in [0.1, 0.15) is 5.60 Å². The molecule has 1 N–H and O–H groups in total. The summed E-state index contributed by atoms with van der Waals surface area (Å²) >= 11 is 0. The maximum absolute atomic E-state index is 12.3. The monoisotopic (exact) mass is 270 g/mol. The van der Waals surface area contributed by atoms with Gasteiger partial charge in [-0.1, -0.05) is 0 Å². The Balaban J connectivity index is 2.10. The molecule has 0 radical (unpaired) electrons. The van der Waals surface area contributed by atoms with Crippen molar-refractivity contribution in [1.29, 1.82) is 0 Å². The normalized spacial score (nSPS) is 31.8. The number of rotatable bonds is 1. The van der Waals surface area contributed by atoms with Crippen LogP contribution in [0, 0.1) is 5.92 Å². The first-order chi connectivity index (χ1) is 8.92. The van der Waals surface area contributed by atoms with Gasteiger partial charge in [-0.3, -0.25) is 0 Å². The number of nitrogens with one attached hydrogen (secondary N) is 1. The van der Waals surface area contributed by atoms with E-state index in [0.717, 1.165) is 26.0 Å². The van der Waals surface area contributed by atoms with Crippen molar-refractivity contribution in [3.8, 4) is 0 Å². The summed E-state index contributed by atoms with van der Waals surface area (Å²) in [5.74, 6) is 0.375. The molecule has 2 rings (SSSR count). The van der Waals surface area contributed by atoms with Crippen molar-refractivity contribution in [2.24, 2.45) is 5.92 Å². The van der Waals surface area contributed by atoms with Crippen LogP contribution in [0.5, 0.6) is 0 Å². The highest BCUT2D eigenvalue weighted by Crippen LogP contribution is 2.29. The van der Waals surface area contributed by atoms with Gasteiger partial charge in [-0.15, -0.1) is 0 Å². The van der Waals surface area contributed by atoms with E-state index in [9.17, 15) is 4.79 Å². The SMILES string of the molecule is CNC1CCCN(C(=O)OC(C)(C)C)C2COCC12. The standard InChI is InChI=1S/C14H26N2O3/c1-14(2,3)19-13(17)16-7-5-6-11(15-4)10-8-18-9-12(10)16/h10-12,15H,5-9H2,1-4H3. The zero-order valence-electron chi connectivity index (χ0n) is 12.4. The zero-order chi connectivity index (χ0) is 14.0. The van der Waals surface area contributed by atoms with Crippen molar-refractivity contribution in [2.45, 2.75) is 51.3 Å². The number of hydrogen-bond acceptors (Lipinski definition) is 4. The maximum Gasteiger partial charge on any atom is 0.410 e. The van der Waals surface area contributed by atoms with Crippen molar-refractivity contribution >= 4 is 6.09 Å². The fourth-order valence-electron chi connectivity index (χ4n) is 3.03. The Labute approximate surface area is 115 Å². The van der Waals surface area contributed by atoms with Gasteiger partial charge in [0.05, 0.1) is 19.3 Å². The number of nitrogens with zero attached hydrogens (tertiary/aromatic N) is 1. The lowest BCUT2D eigenvalue weighted by molar-refractivity contribution is 0.0130. The number of carbonyl (C=O) groups is 1. The van der Waals surface area contributed by atoms with Crippen LogP contribution in [0.4, 0.5) is 4.79 Å². The van der Waals surface area contributed by atoms with Crippen molar-refractivity contribution in [3.05, 3.63) is 0 Å². The third-order valence-corrected chi connectivity index (χ3v) is 3.92. The summed E-state index contributed by atoms with van der Waals surface area (Å²) < 4.78 is 11.1. The molecule has 2 heterocycles. The summed E-state index contributed by atoms with van der Waals surface area (Å²) in [5, 5.41) is 3.36. The molecule has 2 aliphatic rings. The van der Waals surface area contributed by atoms with Crippen molar-refractivity contribution < 1.29 is 14.3 Å². The van der Waals surface area contributed by atoms with Crippen LogP contribution in [0.25, 0.3) is 0 Å². The van der Waals surface area contributed by atoms with E-state index in [1.807, 2.05) is 32.7 Å². The Morgan fingerprint density at radius 2 is 2.11 bits per heavy atom. The topological polar surface area (TPSA) is 50.8 Å². The van der Waals surface area contributed by atoms with Gasteiger partial charge in [0, 0.05) is 18.5 Å². The van der Waals surface area contributed by atoms with Gasteiger partial charge in [0.2, 0.25) is 0 Å². The number of amides is 1. The molecule has 0 aromatic heterocycles. The summed E-state index contributed by atoms with van der Waals surface area (Å²) in [4.78, 5) is 14.2. The van der Waals surface area contributed by atoms with Crippen LogP contribution < -0.4 is 5.32 Å². The largest absolute Gasteiger partial charge is 0.444 e. The Morgan fingerprint density at radius 1 is 1.37 bits per heavy atom. The average Bonchev–Trinajstić information content (AvgIpc) is 2.69. The summed E-state index contributed by atoms with van der Waals surface area (Å²) in [6.07, 6.45) is 1.89. The molecule has 0 spiro atoms. The smallest absolute Gasteiger partial charge is 0.410 e. The minimum atomic E-state index is -0.444. The molecule has 110 valence electrons. The maximum atomic E-state index is 12.3. The molecule has 2 aliphatic heterocycles. The second kappa shape index (κ2) is 5.67. The van der Waals surface area contributed by atoms with Crippen LogP contribution in [0.1, 0.15) is 33.6 Å². The van der Waals surface area contributed by atoms with Gasteiger partial charge in [0.25, 0.3) is 0 Å². The number of carbonyl (C=O) groups excluding carboxylic acids is 1. The molecular weight excluding hydrogens is 244 g/mol. The first-order valence-electron chi connectivity index (χ1n) is 7.17. The van der Waals surface area contributed by atoms with E-state index in [1.54, 1.807) is 0 Å². The zero-order valence-corrected chi connectivity index (χ0v) is 12.4. The minimum Gasteiger partial charge on any atom is -0.444 e. The number of fused-ring (bicyclic) bond motifs is 1. The Bertz CT molecular complexity index is 327. The molecular formula is C14H26N2O3. The Kier molecular flexibility index (Phi) is 4.36. The van der Waals surface area contributed by atoms with Gasteiger partial charge >= 0.3 is 6.09 Å². The molecule has 19 heavy (non-hydrogen) atoms. The number of hydrogen-bond donors (Lipinski definition) is 1. The van der Waals surface area contributed by atoms with Crippen LogP contribution in [0.15, 0.2) is 0 Å². The molecule has 5 heteroatoms. The fraction of sp³-hybridized carbons (Fsp3) is 0.929. The van der Waals surface area contributed by atoms with Crippen molar-refractivity contribution in [3.63, 3.8) is 0 Å². The summed E-state index contributed by atoms with van der Waals surface area (Å²) in [5.41, 5.74) is -0.444. The van der Waals surface area contributed by atoms with Crippen LogP contribution in [-0.4, -0.2) is 55.5 Å². The van der Waals surface area contributed by atoms with Crippen LogP contribution in [-0.2, 0) is 9.47 Å². The van der Waals surface area contributed by atoms with E-state index >= 15 is 0 Å². The summed E-state index contributed by atoms with van der Waals surface area (Å²) in [6, 6.07) is 0.578. The second-order valence-electron chi connectivity index (χ2n) is 6.48. The molecule has 0 aliphatic carbocycles. The van der Waals surface area contributed by atoms with Crippen molar-refractivity contribution in [2.75, 3.05) is 26.8 Å². The molecule has 0 aromatic carbocycles. The first-order valence-corrected chi connectivity index (χ1v) is 7.17. The second-order valence-corrected chi connectivity index (χ2v) is 6.48. The van der Waals surface area contributed by atoms with E-state index in [1.165, 1.54) is 0 Å². The molecule has 0 bridgehead atoms.